The fourth-order valence-electron chi connectivity index (χ4n) is 3.47. The van der Waals surface area contributed by atoms with Gasteiger partial charge >= 0.3 is 0 Å². The molecule has 0 spiro atoms. The molecule has 0 amide bonds. The quantitative estimate of drug-likeness (QED) is 0.700. The molecule has 0 saturated carbocycles. The van der Waals surface area contributed by atoms with Crippen LogP contribution in [0.25, 0.3) is 0 Å². The maximum atomic E-state index is 5.63. The smallest absolute Gasteiger partial charge is 0.118 e. The molecule has 152 valence electrons. The zero-order chi connectivity index (χ0) is 19.6. The second kappa shape index (κ2) is 10.9. The molecule has 6 nitrogen and oxygen atoms in total. The van der Waals surface area contributed by atoms with Crippen LogP contribution in [0.15, 0.2) is 48.5 Å². The summed E-state index contributed by atoms with van der Waals surface area (Å²) in [6, 6.07) is 16.4. The maximum Gasteiger partial charge on any atom is 0.118 e. The summed E-state index contributed by atoms with van der Waals surface area (Å²) >= 11 is 0. The molecule has 0 aromatic heterocycles. The van der Waals surface area contributed by atoms with E-state index in [2.05, 4.69) is 44.7 Å². The van der Waals surface area contributed by atoms with E-state index in [0.717, 1.165) is 70.3 Å². The summed E-state index contributed by atoms with van der Waals surface area (Å²) in [6.45, 7) is 9.87. The first kappa shape index (κ1) is 20.5. The van der Waals surface area contributed by atoms with Gasteiger partial charge in [0.25, 0.3) is 0 Å². The van der Waals surface area contributed by atoms with Gasteiger partial charge in [0.1, 0.15) is 5.75 Å². The number of nitrogens with zero attached hydrogens (tertiary/aromatic N) is 2. The Morgan fingerprint density at radius 1 is 0.821 bits per heavy atom. The third-order valence-electron chi connectivity index (χ3n) is 5.15. The summed E-state index contributed by atoms with van der Waals surface area (Å²) in [5.74, 6) is 0.930. The molecule has 2 aromatic carbocycles. The van der Waals surface area contributed by atoms with Crippen LogP contribution in [0.2, 0.25) is 0 Å². The van der Waals surface area contributed by atoms with E-state index in [1.807, 2.05) is 24.3 Å². The predicted octanol–water partition coefficient (Wildman–Crippen LogP) is 1.78. The Balaban J connectivity index is 0.000000162. The van der Waals surface area contributed by atoms with Gasteiger partial charge in [-0.15, -0.1) is 0 Å². The highest BCUT2D eigenvalue weighted by atomic mass is 16.5. The number of rotatable bonds is 4. The van der Waals surface area contributed by atoms with Crippen molar-refractivity contribution in [1.82, 2.24) is 15.5 Å². The molecule has 0 bridgehead atoms. The highest BCUT2D eigenvalue weighted by molar-refractivity contribution is 5.53. The number of hydrogen-bond donors (Lipinski definition) is 3. The Morgan fingerprint density at radius 3 is 1.96 bits per heavy atom. The Labute approximate surface area is 168 Å². The van der Waals surface area contributed by atoms with Crippen molar-refractivity contribution in [2.75, 3.05) is 70.1 Å². The number of methoxy groups -OCH3 is 1. The van der Waals surface area contributed by atoms with Crippen LogP contribution in [0, 0.1) is 0 Å². The van der Waals surface area contributed by atoms with Crippen molar-refractivity contribution in [3.8, 4) is 5.75 Å². The summed E-state index contributed by atoms with van der Waals surface area (Å²) in [6.07, 6.45) is 0. The summed E-state index contributed by atoms with van der Waals surface area (Å²) < 4.78 is 5.14. The van der Waals surface area contributed by atoms with E-state index in [0.29, 0.717) is 0 Å². The first-order chi connectivity index (χ1) is 13.7. The lowest BCUT2D eigenvalue weighted by molar-refractivity contribution is 0.233. The molecule has 0 aliphatic carbocycles. The standard InChI is InChI=1S/C12H18N2O.C10H15N3/c1-15-12-4-2-11(3-5-12)10-14-8-6-13-7-9-14;11-9-1-3-10(4-2-9)13-7-5-12-6-8-13/h2-5,13H,6-10H2,1H3;1-4,12H,5-8,11H2. The number of anilines is 2. The van der Waals surface area contributed by atoms with Gasteiger partial charge in [0.05, 0.1) is 7.11 Å². The molecule has 2 heterocycles. The largest absolute Gasteiger partial charge is 0.497 e. The number of hydrogen-bond acceptors (Lipinski definition) is 6. The minimum atomic E-state index is 0.832. The molecule has 4 N–H and O–H groups in total. The molecule has 2 aliphatic rings. The molecule has 2 fully saturated rings. The van der Waals surface area contributed by atoms with Crippen LogP contribution in [-0.4, -0.2) is 64.4 Å². The van der Waals surface area contributed by atoms with Gasteiger partial charge in [-0.3, -0.25) is 4.90 Å². The molecule has 0 atom stereocenters. The number of nitrogen functional groups attached to an aromatic ring is 1. The average Bonchev–Trinajstić information content (AvgIpc) is 2.77. The van der Waals surface area contributed by atoms with Gasteiger partial charge in [-0.1, -0.05) is 12.1 Å². The Morgan fingerprint density at radius 2 is 1.39 bits per heavy atom. The Bertz CT molecular complexity index is 677. The van der Waals surface area contributed by atoms with Crippen LogP contribution in [0.1, 0.15) is 5.56 Å². The highest BCUT2D eigenvalue weighted by Gasteiger charge is 2.10. The van der Waals surface area contributed by atoms with E-state index in [9.17, 15) is 0 Å². The second-order valence-corrected chi connectivity index (χ2v) is 7.20. The van der Waals surface area contributed by atoms with Crippen LogP contribution < -0.4 is 26.0 Å². The Hall–Kier alpha value is -2.28. The summed E-state index contributed by atoms with van der Waals surface area (Å²) in [4.78, 5) is 4.84. The van der Waals surface area contributed by atoms with Crippen LogP contribution in [-0.2, 0) is 6.54 Å². The number of nitrogens with one attached hydrogen (secondary N) is 2. The third-order valence-corrected chi connectivity index (χ3v) is 5.15. The Kier molecular flexibility index (Phi) is 7.96. The fraction of sp³-hybridized carbons (Fsp3) is 0.455. The van der Waals surface area contributed by atoms with Crippen molar-refractivity contribution in [1.29, 1.82) is 0 Å². The molecule has 4 rings (SSSR count). The van der Waals surface area contributed by atoms with E-state index in [1.54, 1.807) is 7.11 Å². The molecule has 6 heteroatoms. The zero-order valence-corrected chi connectivity index (χ0v) is 16.9. The topological polar surface area (TPSA) is 65.8 Å². The molecule has 2 saturated heterocycles. The number of piperazine rings is 2. The number of nitrogens with two attached hydrogens (primary N) is 1. The molecular weight excluding hydrogens is 350 g/mol. The van der Waals surface area contributed by atoms with Gasteiger partial charge in [-0.25, -0.2) is 0 Å². The van der Waals surface area contributed by atoms with Crippen molar-refractivity contribution in [2.24, 2.45) is 0 Å². The van der Waals surface area contributed by atoms with Crippen molar-refractivity contribution >= 4 is 11.4 Å². The van der Waals surface area contributed by atoms with Gasteiger partial charge in [-0.2, -0.15) is 0 Å². The van der Waals surface area contributed by atoms with E-state index in [1.165, 1.54) is 11.3 Å². The molecule has 2 aliphatic heterocycles. The van der Waals surface area contributed by atoms with Gasteiger partial charge < -0.3 is 26.0 Å². The molecule has 0 unspecified atom stereocenters. The molecular formula is C22H33N5O. The van der Waals surface area contributed by atoms with Gasteiger partial charge in [0, 0.05) is 70.3 Å². The summed E-state index contributed by atoms with van der Waals surface area (Å²) in [7, 11) is 1.70. The minimum absolute atomic E-state index is 0.832. The molecule has 2 aromatic rings. The van der Waals surface area contributed by atoms with Crippen molar-refractivity contribution in [3.63, 3.8) is 0 Å². The van der Waals surface area contributed by atoms with E-state index in [-0.39, 0.29) is 0 Å². The van der Waals surface area contributed by atoms with Crippen molar-refractivity contribution < 1.29 is 4.74 Å². The number of ether oxygens (including phenoxy) is 1. The second-order valence-electron chi connectivity index (χ2n) is 7.20. The van der Waals surface area contributed by atoms with Gasteiger partial charge in [-0.05, 0) is 42.0 Å². The molecule has 28 heavy (non-hydrogen) atoms. The van der Waals surface area contributed by atoms with Crippen LogP contribution in [0.5, 0.6) is 5.75 Å². The van der Waals surface area contributed by atoms with Crippen molar-refractivity contribution in [2.45, 2.75) is 6.54 Å². The highest BCUT2D eigenvalue weighted by Crippen LogP contribution is 2.16. The van der Waals surface area contributed by atoms with Gasteiger partial charge in [0.15, 0.2) is 0 Å². The van der Waals surface area contributed by atoms with Crippen LogP contribution >= 0.6 is 0 Å². The maximum absolute atomic E-state index is 5.63. The molecule has 0 radical (unpaired) electrons. The minimum Gasteiger partial charge on any atom is -0.497 e. The summed E-state index contributed by atoms with van der Waals surface area (Å²) in [5, 5.41) is 6.69. The lowest BCUT2D eigenvalue weighted by Crippen LogP contribution is -2.43. The lowest BCUT2D eigenvalue weighted by atomic mass is 10.2. The van der Waals surface area contributed by atoms with E-state index < -0.39 is 0 Å². The number of benzene rings is 2. The first-order valence-corrected chi connectivity index (χ1v) is 10.1. The summed E-state index contributed by atoms with van der Waals surface area (Å²) in [5.41, 5.74) is 9.09. The lowest BCUT2D eigenvalue weighted by Gasteiger charge is -2.29. The first-order valence-electron chi connectivity index (χ1n) is 10.1. The van der Waals surface area contributed by atoms with E-state index in [4.69, 9.17) is 10.5 Å². The fourth-order valence-corrected chi connectivity index (χ4v) is 3.47. The monoisotopic (exact) mass is 383 g/mol. The predicted molar refractivity (Wildman–Crippen MR) is 117 cm³/mol. The average molecular weight is 384 g/mol. The van der Waals surface area contributed by atoms with Crippen LogP contribution in [0.3, 0.4) is 0 Å². The SMILES string of the molecule is COc1ccc(CN2CCNCC2)cc1.Nc1ccc(N2CCNCC2)cc1. The van der Waals surface area contributed by atoms with Crippen molar-refractivity contribution in [3.05, 3.63) is 54.1 Å². The van der Waals surface area contributed by atoms with Gasteiger partial charge in [0.2, 0.25) is 0 Å². The van der Waals surface area contributed by atoms with E-state index >= 15 is 0 Å². The normalized spacial score (nSPS) is 17.5. The zero-order valence-electron chi connectivity index (χ0n) is 16.9. The van der Waals surface area contributed by atoms with Crippen LogP contribution in [0.4, 0.5) is 11.4 Å². The third kappa shape index (κ3) is 6.41.